The van der Waals surface area contributed by atoms with Crippen LogP contribution in [0.15, 0.2) is 77.7 Å². The number of carbonyl (C=O) groups excluding carboxylic acids is 4. The van der Waals surface area contributed by atoms with Crippen molar-refractivity contribution in [3.8, 4) is 17.6 Å². The summed E-state index contributed by atoms with van der Waals surface area (Å²) < 4.78 is 69.4. The van der Waals surface area contributed by atoms with E-state index < -0.39 is 71.7 Å². The molecule has 6 aliphatic rings. The number of hydrogen-bond donors (Lipinski definition) is 5. The van der Waals surface area contributed by atoms with Gasteiger partial charge < -0.3 is 35.0 Å². The fourth-order valence-corrected chi connectivity index (χ4v) is 14.3. The van der Waals surface area contributed by atoms with Gasteiger partial charge >= 0.3 is 7.82 Å². The molecule has 3 saturated heterocycles. The van der Waals surface area contributed by atoms with Gasteiger partial charge in [-0.3, -0.25) is 29.0 Å². The smallest absolute Gasteiger partial charge is 0.471 e. The van der Waals surface area contributed by atoms with E-state index >= 15 is 9.18 Å². The van der Waals surface area contributed by atoms with E-state index in [4.69, 9.17) is 32.5 Å². The topological polar surface area (TPSA) is 224 Å². The minimum atomic E-state index is -4.96. The number of nitrogens with zero attached hydrogens (tertiary/aromatic N) is 3. The van der Waals surface area contributed by atoms with Crippen LogP contribution in [0.3, 0.4) is 0 Å². The van der Waals surface area contributed by atoms with Crippen molar-refractivity contribution >= 4 is 76.1 Å². The summed E-state index contributed by atoms with van der Waals surface area (Å²) in [6.07, 6.45) is 2.84. The average Bonchev–Trinajstić information content (AvgIpc) is 3.56. The molecule has 2 spiro atoms. The lowest BCUT2D eigenvalue weighted by molar-refractivity contribution is -0.137. The first kappa shape index (κ1) is 53.0. The molecule has 22 heteroatoms. The summed E-state index contributed by atoms with van der Waals surface area (Å²) in [5.74, 6) is 3.35. The summed E-state index contributed by atoms with van der Waals surface area (Å²) in [4.78, 5) is 75.3. The van der Waals surface area contributed by atoms with E-state index in [0.717, 1.165) is 12.0 Å². The zero-order chi connectivity index (χ0) is 53.6. The predicted octanol–water partition coefficient (Wildman–Crippen LogP) is 7.07. The number of benzene rings is 4. The summed E-state index contributed by atoms with van der Waals surface area (Å²) in [6.45, 7) is 6.30. The number of anilines is 2. The molecule has 4 aromatic carbocycles. The number of rotatable bonds is 11. The van der Waals surface area contributed by atoms with Crippen LogP contribution in [0.4, 0.5) is 15.8 Å². The normalized spacial score (nSPS) is 25.2. The van der Waals surface area contributed by atoms with Gasteiger partial charge in [-0.2, -0.15) is 4.31 Å². The SMILES string of the molecule is COc1cc(S(=O)(=O)N2CCC3(CC2)C[C@H]3C#Cc2cccc3c2CN([C@H]2CCC(=O)NC2=O)C3=O)ccc1NC(=O)[C@@H]1N[C@@H](CC(C)(C)C)[C@@]2(CN(COP(=O)(O)O)c3cc(Cl)ccc32)[C@H]1c1cccc(Cl)c1F. The molecule has 0 aromatic heterocycles. The van der Waals surface area contributed by atoms with Crippen LogP contribution in [0, 0.1) is 34.4 Å². The number of piperidine rings is 2. The molecule has 75 heavy (non-hydrogen) atoms. The number of nitrogens with one attached hydrogen (secondary N) is 3. The van der Waals surface area contributed by atoms with Gasteiger partial charge in [0, 0.05) is 83.8 Å². The van der Waals surface area contributed by atoms with E-state index in [1.165, 1.54) is 40.6 Å². The second-order valence-corrected chi connectivity index (χ2v) is 25.6. The maximum Gasteiger partial charge on any atom is 0.471 e. The van der Waals surface area contributed by atoms with Crippen molar-refractivity contribution in [1.82, 2.24) is 19.8 Å². The predicted molar refractivity (Wildman–Crippen MR) is 277 cm³/mol. The molecule has 1 saturated carbocycles. The van der Waals surface area contributed by atoms with Gasteiger partial charge in [0.1, 0.15) is 24.3 Å². The fraction of sp³-hybridized carbons (Fsp3) is 0.434. The van der Waals surface area contributed by atoms with Gasteiger partial charge in [-0.05, 0) is 102 Å². The molecule has 4 fully saturated rings. The van der Waals surface area contributed by atoms with E-state index in [2.05, 4.69) is 27.8 Å². The summed E-state index contributed by atoms with van der Waals surface area (Å²) in [5, 5.41) is 9.00. The highest BCUT2D eigenvalue weighted by molar-refractivity contribution is 7.89. The lowest BCUT2D eigenvalue weighted by Gasteiger charge is -2.40. The Morgan fingerprint density at radius 1 is 1.03 bits per heavy atom. The van der Waals surface area contributed by atoms with Gasteiger partial charge in [-0.1, -0.05) is 80.1 Å². The third-order valence-electron chi connectivity index (χ3n) is 15.9. The van der Waals surface area contributed by atoms with Crippen molar-refractivity contribution in [3.63, 3.8) is 0 Å². The highest BCUT2D eigenvalue weighted by atomic mass is 35.5. The second kappa shape index (κ2) is 19.6. The Bertz CT molecular complexity index is 3280. The molecule has 0 unspecified atom stereocenters. The Morgan fingerprint density at radius 3 is 2.48 bits per heavy atom. The van der Waals surface area contributed by atoms with Crippen LogP contribution >= 0.6 is 31.0 Å². The molecule has 4 aromatic rings. The summed E-state index contributed by atoms with van der Waals surface area (Å²) in [6, 6.07) is 16.8. The molecule has 5 N–H and O–H groups in total. The maximum absolute atomic E-state index is 16.6. The Hall–Kier alpha value is -5.39. The van der Waals surface area contributed by atoms with Crippen LogP contribution in [-0.4, -0.2) is 103 Å². The Balaban J connectivity index is 0.869. The molecule has 6 atom stereocenters. The first-order valence-electron chi connectivity index (χ1n) is 24.7. The fourth-order valence-electron chi connectivity index (χ4n) is 12.2. The van der Waals surface area contributed by atoms with Crippen LogP contribution in [0.2, 0.25) is 10.0 Å². The zero-order valence-corrected chi connectivity index (χ0v) is 44.7. The third kappa shape index (κ3) is 9.87. The van der Waals surface area contributed by atoms with Crippen molar-refractivity contribution in [1.29, 1.82) is 0 Å². The van der Waals surface area contributed by atoms with Crippen molar-refractivity contribution < 1.29 is 55.6 Å². The number of ether oxygens (including phenoxy) is 1. The first-order chi connectivity index (χ1) is 35.4. The molecule has 0 radical (unpaired) electrons. The van der Waals surface area contributed by atoms with E-state index in [0.29, 0.717) is 46.7 Å². The van der Waals surface area contributed by atoms with E-state index in [-0.39, 0.29) is 94.5 Å². The summed E-state index contributed by atoms with van der Waals surface area (Å²) in [5.41, 5.74) is 1.69. The van der Waals surface area contributed by atoms with E-state index in [9.17, 15) is 37.2 Å². The van der Waals surface area contributed by atoms with Crippen molar-refractivity contribution in [3.05, 3.63) is 116 Å². The van der Waals surface area contributed by atoms with Gasteiger partial charge in [0.25, 0.3) is 5.91 Å². The second-order valence-electron chi connectivity index (χ2n) is 21.6. The minimum Gasteiger partial charge on any atom is -0.495 e. The van der Waals surface area contributed by atoms with Crippen LogP contribution in [0.1, 0.15) is 97.8 Å². The first-order valence-corrected chi connectivity index (χ1v) is 28.4. The minimum absolute atomic E-state index is 0.0233. The lowest BCUT2D eigenvalue weighted by Crippen LogP contribution is -2.52. The van der Waals surface area contributed by atoms with Gasteiger partial charge in [0.05, 0.1) is 28.8 Å². The van der Waals surface area contributed by atoms with Gasteiger partial charge in [0.2, 0.25) is 27.7 Å². The van der Waals surface area contributed by atoms with Crippen LogP contribution in [0.5, 0.6) is 5.75 Å². The monoisotopic (exact) mass is 1100 g/mol. The number of fused-ring (bicyclic) bond motifs is 3. The van der Waals surface area contributed by atoms with Crippen LogP contribution < -0.4 is 25.6 Å². The number of amides is 4. The number of phosphoric ester groups is 1. The number of imide groups is 1. The zero-order valence-electron chi connectivity index (χ0n) is 41.5. The highest BCUT2D eigenvalue weighted by Gasteiger charge is 2.63. The number of halogens is 3. The van der Waals surface area contributed by atoms with E-state index in [1.807, 2.05) is 26.8 Å². The molecule has 10 rings (SSSR count). The summed E-state index contributed by atoms with van der Waals surface area (Å²) >= 11 is 13.0. The Kier molecular flexibility index (Phi) is 13.8. The van der Waals surface area contributed by atoms with Crippen molar-refractivity contribution in [2.45, 2.75) is 100 Å². The molecule has 17 nitrogen and oxygen atoms in total. The van der Waals surface area contributed by atoms with Crippen LogP contribution in [-0.2, 0) is 45.5 Å². The largest absolute Gasteiger partial charge is 0.495 e. The summed E-state index contributed by atoms with van der Waals surface area (Å²) in [7, 11) is -7.64. The maximum atomic E-state index is 16.6. The highest BCUT2D eigenvalue weighted by Crippen LogP contribution is 2.60. The molecule has 4 amide bonds. The Morgan fingerprint density at radius 2 is 1.77 bits per heavy atom. The molecule has 396 valence electrons. The van der Waals surface area contributed by atoms with Gasteiger partial charge in [-0.25, -0.2) is 17.4 Å². The quantitative estimate of drug-likeness (QED) is 0.0577. The lowest BCUT2D eigenvalue weighted by atomic mass is 9.63. The average molecular weight is 1110 g/mol. The molecule has 1 aliphatic carbocycles. The molecule has 5 heterocycles. The van der Waals surface area contributed by atoms with E-state index in [1.54, 1.807) is 47.4 Å². The standard InChI is InChI=1S/C53H56Cl2FN6O11PS/c1-51(2,3)26-43-53(28-60(29-73-74(67,68)69)41-23-32(54)13-15-37(41)53)45(35-9-6-10-38(55)46(35)56)47(58-43)49(65)57-39-16-14-33(24-42(39)72-4)75(70,71)61-21-19-52(20-22-61)25-31(52)12-11-30-7-5-8-34-36(30)27-62(50(34)66)40-17-18-44(63)59-48(40)64/h5-10,13-16,23-24,31,40,43,45,47,58H,17-22,25-29H2,1-4H3,(H,57,65)(H,59,63,64)(H2,67,68,69)/t31-,40+,43+,45+,47-,53+/m1/s1. The number of carbonyl (C=O) groups is 4. The van der Waals surface area contributed by atoms with Crippen molar-refractivity contribution in [2.75, 3.05) is 43.7 Å². The van der Waals surface area contributed by atoms with Gasteiger partial charge in [-0.15, -0.1) is 0 Å². The van der Waals surface area contributed by atoms with Crippen LogP contribution in [0.25, 0.3) is 0 Å². The molecular weight excluding hydrogens is 1050 g/mol. The molecular formula is C53H56Cl2FN6O11PS. The molecule has 0 bridgehead atoms. The number of phosphoric acid groups is 1. The number of methoxy groups -OCH3 is 1. The Labute approximate surface area is 444 Å². The molecule has 5 aliphatic heterocycles. The van der Waals surface area contributed by atoms with Crippen molar-refractivity contribution in [2.24, 2.45) is 16.7 Å². The third-order valence-corrected chi connectivity index (χ3v) is 18.8. The van der Waals surface area contributed by atoms with Gasteiger partial charge in [0.15, 0.2) is 0 Å². The number of sulfonamides is 1. The number of hydrogen-bond acceptors (Lipinski definition) is 11.